The Balaban J connectivity index is 2.52. The fourth-order valence-corrected chi connectivity index (χ4v) is 1.57. The molecule has 0 aliphatic carbocycles. The Bertz CT molecular complexity index is 447. The maximum atomic E-state index is 11.5. The van der Waals surface area contributed by atoms with Gasteiger partial charge in [0.15, 0.2) is 4.77 Å². The lowest BCUT2D eigenvalue weighted by atomic mass is 10.2. The smallest absolute Gasteiger partial charge is 0.407 e. The molecule has 6 nitrogen and oxygen atoms in total. The van der Waals surface area contributed by atoms with Crippen molar-refractivity contribution in [1.82, 2.24) is 15.3 Å². The minimum Gasteiger partial charge on any atom is -0.444 e. The number of aromatic nitrogens is 2. The van der Waals surface area contributed by atoms with Crippen LogP contribution in [0, 0.1) is 4.77 Å². The number of H-pyrrole nitrogens is 2. The molecule has 0 aliphatic heterocycles. The van der Waals surface area contributed by atoms with E-state index in [2.05, 4.69) is 15.3 Å². The van der Waals surface area contributed by atoms with E-state index >= 15 is 0 Å². The molecule has 1 aromatic rings. The molecule has 7 heteroatoms. The maximum Gasteiger partial charge on any atom is 0.407 e. The highest BCUT2D eigenvalue weighted by Crippen LogP contribution is 2.07. The van der Waals surface area contributed by atoms with Gasteiger partial charge in [-0.3, -0.25) is 0 Å². The van der Waals surface area contributed by atoms with Gasteiger partial charge in [-0.2, -0.15) is 0 Å². The van der Waals surface area contributed by atoms with Gasteiger partial charge in [-0.05, 0) is 33.0 Å². The molecule has 1 unspecified atom stereocenters. The Morgan fingerprint density at radius 3 is 2.72 bits per heavy atom. The van der Waals surface area contributed by atoms with Crippen molar-refractivity contribution in [2.24, 2.45) is 0 Å². The van der Waals surface area contributed by atoms with Crippen LogP contribution < -0.4 is 5.32 Å². The average Bonchev–Trinajstić information content (AvgIpc) is 2.60. The van der Waals surface area contributed by atoms with Crippen LogP contribution >= 0.6 is 12.2 Å². The van der Waals surface area contributed by atoms with E-state index in [9.17, 15) is 9.90 Å². The van der Waals surface area contributed by atoms with Crippen LogP contribution in [0.2, 0.25) is 0 Å². The largest absolute Gasteiger partial charge is 0.444 e. The molecule has 0 spiro atoms. The molecule has 4 N–H and O–H groups in total. The maximum absolute atomic E-state index is 11.5. The molecule has 0 radical (unpaired) electrons. The van der Waals surface area contributed by atoms with Gasteiger partial charge in [0.05, 0.1) is 12.6 Å². The number of imidazole rings is 1. The number of hydrogen-bond acceptors (Lipinski definition) is 4. The fourth-order valence-electron chi connectivity index (χ4n) is 1.38. The molecule has 1 amide bonds. The number of aliphatic hydroxyl groups is 1. The summed E-state index contributed by atoms with van der Waals surface area (Å²) >= 11 is 4.90. The molecule has 0 saturated carbocycles. The fraction of sp³-hybridized carbons (Fsp3) is 0.636. The van der Waals surface area contributed by atoms with Gasteiger partial charge in [0, 0.05) is 18.3 Å². The van der Waals surface area contributed by atoms with Crippen LogP contribution in [0.5, 0.6) is 0 Å². The third-order valence-electron chi connectivity index (χ3n) is 2.06. The first-order chi connectivity index (χ1) is 8.30. The van der Waals surface area contributed by atoms with Crippen molar-refractivity contribution >= 4 is 18.3 Å². The van der Waals surface area contributed by atoms with Gasteiger partial charge < -0.3 is 25.1 Å². The second kappa shape index (κ2) is 6.01. The summed E-state index contributed by atoms with van der Waals surface area (Å²) in [4.78, 5) is 17.3. The van der Waals surface area contributed by atoms with E-state index in [0.717, 1.165) is 5.69 Å². The van der Waals surface area contributed by atoms with Crippen LogP contribution in [0.4, 0.5) is 4.79 Å². The number of aliphatic hydroxyl groups excluding tert-OH is 1. The van der Waals surface area contributed by atoms with Crippen molar-refractivity contribution in [2.45, 2.75) is 38.8 Å². The summed E-state index contributed by atoms with van der Waals surface area (Å²) in [7, 11) is 0. The monoisotopic (exact) mass is 273 g/mol. The van der Waals surface area contributed by atoms with Crippen LogP contribution in [0.3, 0.4) is 0 Å². The van der Waals surface area contributed by atoms with E-state index in [1.165, 1.54) is 0 Å². The van der Waals surface area contributed by atoms with Crippen LogP contribution in [0.1, 0.15) is 26.5 Å². The first-order valence-electron chi connectivity index (χ1n) is 5.67. The van der Waals surface area contributed by atoms with E-state index in [4.69, 9.17) is 17.0 Å². The van der Waals surface area contributed by atoms with Gasteiger partial charge in [-0.15, -0.1) is 0 Å². The molecule has 0 bridgehead atoms. The molecular weight excluding hydrogens is 254 g/mol. The van der Waals surface area contributed by atoms with Crippen LogP contribution in [-0.2, 0) is 11.2 Å². The second-order valence-corrected chi connectivity index (χ2v) is 5.41. The first kappa shape index (κ1) is 14.7. The van der Waals surface area contributed by atoms with Gasteiger partial charge in [-0.25, -0.2) is 4.79 Å². The predicted molar refractivity (Wildman–Crippen MR) is 69.9 cm³/mol. The predicted octanol–water partition coefficient (Wildman–Crippen LogP) is 1.50. The van der Waals surface area contributed by atoms with Gasteiger partial charge in [0.1, 0.15) is 5.60 Å². The van der Waals surface area contributed by atoms with Crippen LogP contribution in [-0.4, -0.2) is 39.4 Å². The molecule has 18 heavy (non-hydrogen) atoms. The molecular formula is C11H19N3O3S. The number of rotatable bonds is 4. The Hall–Kier alpha value is -1.34. The highest BCUT2D eigenvalue weighted by atomic mass is 32.1. The highest BCUT2D eigenvalue weighted by Gasteiger charge is 2.19. The summed E-state index contributed by atoms with van der Waals surface area (Å²) in [6.07, 6.45) is 1.61. The number of nitrogens with one attached hydrogen (secondary N) is 3. The first-order valence-corrected chi connectivity index (χ1v) is 6.08. The summed E-state index contributed by atoms with van der Waals surface area (Å²) < 4.78 is 5.63. The molecule has 0 aromatic carbocycles. The summed E-state index contributed by atoms with van der Waals surface area (Å²) in [6, 6.07) is -0.415. The molecule has 1 atom stereocenters. The summed E-state index contributed by atoms with van der Waals surface area (Å²) in [5.74, 6) is 0. The zero-order chi connectivity index (χ0) is 13.8. The summed E-state index contributed by atoms with van der Waals surface area (Å²) in [5.41, 5.74) is 0.257. The SMILES string of the molecule is CC(C)(C)OC(=O)NC(CO)Cc1c[nH]c(=S)[nH]1. The van der Waals surface area contributed by atoms with Crippen molar-refractivity contribution in [1.29, 1.82) is 0 Å². The molecule has 0 fully saturated rings. The van der Waals surface area contributed by atoms with Gasteiger partial charge in [-0.1, -0.05) is 0 Å². The van der Waals surface area contributed by atoms with E-state index < -0.39 is 17.7 Å². The van der Waals surface area contributed by atoms with E-state index in [1.807, 2.05) is 0 Å². The Labute approximate surface area is 111 Å². The minimum atomic E-state index is -0.557. The molecule has 1 heterocycles. The van der Waals surface area contributed by atoms with Crippen molar-refractivity contribution in [3.05, 3.63) is 16.7 Å². The highest BCUT2D eigenvalue weighted by molar-refractivity contribution is 7.71. The van der Waals surface area contributed by atoms with E-state index in [1.54, 1.807) is 27.0 Å². The Morgan fingerprint density at radius 2 is 2.28 bits per heavy atom. The average molecular weight is 273 g/mol. The normalized spacial score (nSPS) is 13.1. The molecule has 1 aromatic heterocycles. The number of carbonyl (C=O) groups is 1. The van der Waals surface area contributed by atoms with Crippen molar-refractivity contribution in [3.8, 4) is 0 Å². The number of aromatic amines is 2. The standard InChI is InChI=1S/C11H19N3O3S/c1-11(2,3)17-10(16)14-8(6-15)4-7-5-12-9(18)13-7/h5,8,15H,4,6H2,1-3H3,(H,14,16)(H2,12,13,18). The number of ether oxygens (including phenoxy) is 1. The van der Waals surface area contributed by atoms with E-state index in [-0.39, 0.29) is 6.61 Å². The van der Waals surface area contributed by atoms with Gasteiger partial charge >= 0.3 is 6.09 Å². The van der Waals surface area contributed by atoms with Crippen molar-refractivity contribution in [2.75, 3.05) is 6.61 Å². The van der Waals surface area contributed by atoms with Crippen molar-refractivity contribution in [3.63, 3.8) is 0 Å². The number of hydrogen-bond donors (Lipinski definition) is 4. The lowest BCUT2D eigenvalue weighted by Gasteiger charge is -2.22. The number of amides is 1. The zero-order valence-corrected chi connectivity index (χ0v) is 11.6. The van der Waals surface area contributed by atoms with Gasteiger partial charge in [0.25, 0.3) is 0 Å². The molecule has 0 saturated heterocycles. The third kappa shape index (κ3) is 5.33. The Kier molecular flexibility index (Phi) is 4.92. The molecule has 102 valence electrons. The number of alkyl carbamates (subject to hydrolysis) is 1. The second-order valence-electron chi connectivity index (χ2n) is 5.00. The lowest BCUT2D eigenvalue weighted by Crippen LogP contribution is -2.42. The topological polar surface area (TPSA) is 90.1 Å². The van der Waals surface area contributed by atoms with Crippen molar-refractivity contribution < 1.29 is 14.6 Å². The quantitative estimate of drug-likeness (QED) is 0.626. The molecule has 0 aliphatic rings. The zero-order valence-electron chi connectivity index (χ0n) is 10.7. The summed E-state index contributed by atoms with van der Waals surface area (Å²) in [6.45, 7) is 5.17. The summed E-state index contributed by atoms with van der Waals surface area (Å²) in [5, 5.41) is 11.8. The van der Waals surface area contributed by atoms with E-state index in [0.29, 0.717) is 11.2 Å². The lowest BCUT2D eigenvalue weighted by molar-refractivity contribution is 0.0482. The molecule has 1 rings (SSSR count). The minimum absolute atomic E-state index is 0.176. The third-order valence-corrected chi connectivity index (χ3v) is 2.28. The Morgan fingerprint density at radius 1 is 1.61 bits per heavy atom. The van der Waals surface area contributed by atoms with Crippen LogP contribution in [0.15, 0.2) is 6.20 Å². The van der Waals surface area contributed by atoms with Gasteiger partial charge in [0.2, 0.25) is 0 Å². The number of carbonyl (C=O) groups excluding carboxylic acids is 1. The van der Waals surface area contributed by atoms with Crippen LogP contribution in [0.25, 0.3) is 0 Å².